The van der Waals surface area contributed by atoms with E-state index in [0.717, 1.165) is 12.7 Å². The highest BCUT2D eigenvalue weighted by molar-refractivity contribution is 7.75. The van der Waals surface area contributed by atoms with Crippen molar-refractivity contribution in [2.45, 2.75) is 12.6 Å². The Labute approximate surface area is 188 Å². The van der Waals surface area contributed by atoms with E-state index < -0.39 is 23.3 Å². The van der Waals surface area contributed by atoms with Crippen molar-refractivity contribution in [1.29, 1.82) is 0 Å². The van der Waals surface area contributed by atoms with Gasteiger partial charge in [-0.05, 0) is 11.2 Å². The normalized spacial score (nSPS) is 22.7. The standard InChI is InChI=1S/C27H28OSi3/c1-30(25-16-8-3-9-17-25)29(24-14-6-2-7-15-24)28-22-23-31(30,26-18-10-4-11-19-26)27-20-12-5-13-21-27/h2-21,29H,22-23H2,1H3. The van der Waals surface area contributed by atoms with Crippen molar-refractivity contribution in [1.82, 2.24) is 0 Å². The zero-order valence-corrected chi connectivity index (χ0v) is 21.1. The monoisotopic (exact) mass is 452 g/mol. The molecule has 2 atom stereocenters. The van der Waals surface area contributed by atoms with Gasteiger partial charge in [-0.1, -0.05) is 143 Å². The van der Waals surface area contributed by atoms with Crippen LogP contribution in [0.3, 0.4) is 0 Å². The third kappa shape index (κ3) is 3.31. The highest BCUT2D eigenvalue weighted by atomic mass is 29.6. The summed E-state index contributed by atoms with van der Waals surface area (Å²) < 4.78 is 6.87. The van der Waals surface area contributed by atoms with Crippen LogP contribution in [-0.2, 0) is 4.43 Å². The molecule has 1 aliphatic rings. The average molecular weight is 453 g/mol. The van der Waals surface area contributed by atoms with Crippen molar-refractivity contribution in [3.05, 3.63) is 121 Å². The van der Waals surface area contributed by atoms with Gasteiger partial charge >= 0.3 is 0 Å². The predicted octanol–water partition coefficient (Wildman–Crippen LogP) is 3.05. The van der Waals surface area contributed by atoms with Crippen molar-refractivity contribution in [3.63, 3.8) is 0 Å². The molecule has 1 aliphatic heterocycles. The summed E-state index contributed by atoms with van der Waals surface area (Å²) in [6, 6.07) is 46.6. The van der Waals surface area contributed by atoms with Gasteiger partial charge in [0.1, 0.15) is 14.7 Å². The van der Waals surface area contributed by atoms with E-state index in [4.69, 9.17) is 4.43 Å². The van der Waals surface area contributed by atoms with Gasteiger partial charge < -0.3 is 4.43 Å². The zero-order valence-electron chi connectivity index (χ0n) is 17.9. The Morgan fingerprint density at radius 3 is 1.48 bits per heavy atom. The summed E-state index contributed by atoms with van der Waals surface area (Å²) in [5, 5.41) is 6.19. The van der Waals surface area contributed by atoms with E-state index in [-0.39, 0.29) is 0 Å². The van der Waals surface area contributed by atoms with Gasteiger partial charge in [0.15, 0.2) is 8.56 Å². The van der Waals surface area contributed by atoms with Crippen LogP contribution in [0.15, 0.2) is 121 Å². The van der Waals surface area contributed by atoms with Crippen LogP contribution in [0.5, 0.6) is 0 Å². The molecule has 4 aromatic rings. The maximum absolute atomic E-state index is 6.87. The van der Waals surface area contributed by atoms with Gasteiger partial charge in [-0.15, -0.1) is 0 Å². The maximum Gasteiger partial charge on any atom is 0.198 e. The fraction of sp³-hybridized carbons (Fsp3) is 0.111. The molecule has 1 fully saturated rings. The minimum Gasteiger partial charge on any atom is -0.418 e. The smallest absolute Gasteiger partial charge is 0.198 e. The summed E-state index contributed by atoms with van der Waals surface area (Å²) in [5.74, 6) is 0. The lowest BCUT2D eigenvalue weighted by molar-refractivity contribution is 0.356. The first-order valence-electron chi connectivity index (χ1n) is 11.1. The number of benzene rings is 4. The van der Waals surface area contributed by atoms with Gasteiger partial charge in [0.2, 0.25) is 0 Å². The second kappa shape index (κ2) is 8.55. The molecule has 0 aromatic heterocycles. The molecule has 154 valence electrons. The highest BCUT2D eigenvalue weighted by Crippen LogP contribution is 2.31. The van der Waals surface area contributed by atoms with Crippen LogP contribution in [0, 0.1) is 0 Å². The van der Waals surface area contributed by atoms with Crippen molar-refractivity contribution >= 4 is 44.0 Å². The Morgan fingerprint density at radius 2 is 1.00 bits per heavy atom. The Kier molecular flexibility index (Phi) is 5.63. The summed E-state index contributed by atoms with van der Waals surface area (Å²) in [6.45, 7) is 3.54. The number of rotatable bonds is 4. The van der Waals surface area contributed by atoms with Crippen LogP contribution in [0.25, 0.3) is 0 Å². The van der Waals surface area contributed by atoms with E-state index in [1.54, 1.807) is 15.6 Å². The quantitative estimate of drug-likeness (QED) is 0.433. The molecule has 0 radical (unpaired) electrons. The maximum atomic E-state index is 6.87. The molecule has 31 heavy (non-hydrogen) atoms. The summed E-state index contributed by atoms with van der Waals surface area (Å²) in [5.41, 5.74) is 0. The van der Waals surface area contributed by atoms with Crippen LogP contribution in [0.1, 0.15) is 0 Å². The van der Waals surface area contributed by atoms with Crippen molar-refractivity contribution in [3.8, 4) is 0 Å². The van der Waals surface area contributed by atoms with Crippen LogP contribution < -0.4 is 20.7 Å². The molecular formula is C27H28OSi3. The summed E-state index contributed by atoms with van der Waals surface area (Å²) >= 11 is 0. The van der Waals surface area contributed by atoms with E-state index in [2.05, 4.69) is 128 Å². The van der Waals surface area contributed by atoms with E-state index in [1.165, 1.54) is 5.19 Å². The molecule has 1 nitrogen and oxygen atoms in total. The highest BCUT2D eigenvalue weighted by Gasteiger charge is 2.62. The van der Waals surface area contributed by atoms with Crippen LogP contribution in [-0.4, -0.2) is 29.9 Å². The van der Waals surface area contributed by atoms with Crippen molar-refractivity contribution in [2.75, 3.05) is 6.61 Å². The lowest BCUT2D eigenvalue weighted by atomic mass is 10.4. The molecule has 2 unspecified atom stereocenters. The van der Waals surface area contributed by atoms with Gasteiger partial charge in [0.05, 0.1) is 0 Å². The van der Waals surface area contributed by atoms with Crippen LogP contribution >= 0.6 is 0 Å². The summed E-state index contributed by atoms with van der Waals surface area (Å²) in [6.07, 6.45) is 0. The molecule has 0 spiro atoms. The molecule has 0 bridgehead atoms. The van der Waals surface area contributed by atoms with E-state index >= 15 is 0 Å². The average Bonchev–Trinajstić information content (AvgIpc) is 2.86. The lowest BCUT2D eigenvalue weighted by Gasteiger charge is -2.53. The first-order chi connectivity index (χ1) is 15.3. The SMILES string of the molecule is C[Si]1(c2ccccc2)[SiH](c2ccccc2)OCC[Si]1(c1ccccc1)c1ccccc1. The molecule has 1 saturated heterocycles. The Hall–Kier alpha value is -2.51. The molecule has 1 heterocycles. The third-order valence-electron chi connectivity index (χ3n) is 7.18. The van der Waals surface area contributed by atoms with Gasteiger partial charge in [0.25, 0.3) is 0 Å². The second-order valence-corrected chi connectivity index (χ2v) is 29.3. The molecule has 0 amide bonds. The van der Waals surface area contributed by atoms with Gasteiger partial charge in [-0.3, -0.25) is 0 Å². The number of hydrogen-bond acceptors (Lipinski definition) is 1. The molecule has 4 aromatic carbocycles. The van der Waals surface area contributed by atoms with Crippen LogP contribution in [0.4, 0.5) is 0 Å². The van der Waals surface area contributed by atoms with Crippen molar-refractivity contribution in [2.24, 2.45) is 0 Å². The van der Waals surface area contributed by atoms with E-state index in [1.807, 2.05) is 0 Å². The number of hydrogen-bond donors (Lipinski definition) is 0. The van der Waals surface area contributed by atoms with E-state index in [0.29, 0.717) is 0 Å². The first-order valence-corrected chi connectivity index (χ1v) is 19.7. The zero-order chi connectivity index (χ0) is 21.2. The fourth-order valence-electron chi connectivity index (χ4n) is 5.72. The molecule has 0 saturated carbocycles. The van der Waals surface area contributed by atoms with Gasteiger partial charge in [-0.25, -0.2) is 0 Å². The summed E-state index contributed by atoms with van der Waals surface area (Å²) in [4.78, 5) is 0. The topological polar surface area (TPSA) is 9.23 Å². The minimum atomic E-state index is -2.10. The van der Waals surface area contributed by atoms with E-state index in [9.17, 15) is 0 Å². The molecular weight excluding hydrogens is 425 g/mol. The van der Waals surface area contributed by atoms with Gasteiger partial charge in [0, 0.05) is 6.61 Å². The molecule has 4 heteroatoms. The minimum absolute atomic E-state index is 0.872. The predicted molar refractivity (Wildman–Crippen MR) is 140 cm³/mol. The molecule has 5 rings (SSSR count). The van der Waals surface area contributed by atoms with Gasteiger partial charge in [-0.2, -0.15) is 0 Å². The fourth-order valence-corrected chi connectivity index (χ4v) is 40.6. The largest absolute Gasteiger partial charge is 0.418 e. The Bertz CT molecular complexity index is 1080. The third-order valence-corrected chi connectivity index (χ3v) is 37.8. The first kappa shape index (κ1) is 20.4. The molecule has 0 N–H and O–H groups in total. The van der Waals surface area contributed by atoms with Crippen LogP contribution in [0.2, 0.25) is 12.6 Å². The van der Waals surface area contributed by atoms with Crippen molar-refractivity contribution < 1.29 is 4.43 Å². The Morgan fingerprint density at radius 1 is 0.581 bits per heavy atom. The Balaban J connectivity index is 1.86. The summed E-state index contributed by atoms with van der Waals surface area (Å²) in [7, 11) is -5.89. The lowest BCUT2D eigenvalue weighted by Crippen LogP contribution is -2.89. The molecule has 0 aliphatic carbocycles. The second-order valence-electron chi connectivity index (χ2n) is 8.62.